The van der Waals surface area contributed by atoms with Gasteiger partial charge in [-0.3, -0.25) is 9.69 Å². The molecule has 0 aliphatic carbocycles. The lowest BCUT2D eigenvalue weighted by atomic mass is 9.92. The standard InChI is InChI=1S/C17H23N3O2/c21-15-11-19(10-14-4-2-1-3-5-14)12-16-20(15)13-17(22-16)6-8-18-9-7-17/h1-5,16,18H,6-13H2. The Labute approximate surface area is 131 Å². The molecule has 5 heteroatoms. The van der Waals surface area contributed by atoms with Crippen molar-refractivity contribution in [1.82, 2.24) is 15.1 Å². The monoisotopic (exact) mass is 301 g/mol. The number of amides is 1. The van der Waals surface area contributed by atoms with E-state index >= 15 is 0 Å². The van der Waals surface area contributed by atoms with Crippen molar-refractivity contribution in [3.8, 4) is 0 Å². The van der Waals surface area contributed by atoms with Crippen molar-refractivity contribution < 1.29 is 9.53 Å². The van der Waals surface area contributed by atoms with E-state index in [1.54, 1.807) is 0 Å². The van der Waals surface area contributed by atoms with E-state index in [-0.39, 0.29) is 17.7 Å². The Bertz CT molecular complexity index is 542. The van der Waals surface area contributed by atoms with Crippen LogP contribution in [0.25, 0.3) is 0 Å². The molecule has 4 rings (SSSR count). The molecule has 0 bridgehead atoms. The second-order valence-electron chi connectivity index (χ2n) is 6.68. The molecule has 1 unspecified atom stereocenters. The van der Waals surface area contributed by atoms with Gasteiger partial charge in [-0.05, 0) is 31.5 Å². The van der Waals surface area contributed by atoms with Crippen LogP contribution in [0, 0.1) is 0 Å². The molecule has 0 saturated carbocycles. The zero-order valence-electron chi connectivity index (χ0n) is 12.8. The highest BCUT2D eigenvalue weighted by molar-refractivity contribution is 5.79. The molecule has 3 saturated heterocycles. The number of carbonyl (C=O) groups excluding carboxylic acids is 1. The third-order valence-corrected chi connectivity index (χ3v) is 5.05. The van der Waals surface area contributed by atoms with Gasteiger partial charge in [0.2, 0.25) is 5.91 Å². The van der Waals surface area contributed by atoms with Gasteiger partial charge in [-0.15, -0.1) is 0 Å². The van der Waals surface area contributed by atoms with Crippen LogP contribution in [0.1, 0.15) is 18.4 Å². The third kappa shape index (κ3) is 2.64. The average molecular weight is 301 g/mol. The summed E-state index contributed by atoms with van der Waals surface area (Å²) in [6, 6.07) is 10.3. The van der Waals surface area contributed by atoms with E-state index in [9.17, 15) is 4.79 Å². The van der Waals surface area contributed by atoms with Crippen LogP contribution < -0.4 is 5.32 Å². The van der Waals surface area contributed by atoms with E-state index < -0.39 is 0 Å². The number of nitrogens with one attached hydrogen (secondary N) is 1. The molecule has 3 aliphatic rings. The van der Waals surface area contributed by atoms with E-state index in [0.717, 1.165) is 45.6 Å². The lowest BCUT2D eigenvalue weighted by molar-refractivity contribution is -0.149. The van der Waals surface area contributed by atoms with E-state index in [2.05, 4.69) is 22.3 Å². The number of carbonyl (C=O) groups is 1. The number of ether oxygens (including phenoxy) is 1. The first-order valence-electron chi connectivity index (χ1n) is 8.18. The van der Waals surface area contributed by atoms with Gasteiger partial charge in [-0.25, -0.2) is 0 Å². The van der Waals surface area contributed by atoms with Gasteiger partial charge in [0, 0.05) is 13.1 Å². The average Bonchev–Trinajstić information content (AvgIpc) is 2.87. The first-order chi connectivity index (χ1) is 10.7. The minimum atomic E-state index is -0.103. The van der Waals surface area contributed by atoms with E-state index in [0.29, 0.717) is 6.54 Å². The maximum Gasteiger partial charge on any atom is 0.238 e. The summed E-state index contributed by atoms with van der Waals surface area (Å²) in [5, 5.41) is 3.38. The molecule has 1 aromatic rings. The first-order valence-corrected chi connectivity index (χ1v) is 8.18. The number of fused-ring (bicyclic) bond motifs is 1. The molecular formula is C17H23N3O2. The highest BCUT2D eigenvalue weighted by atomic mass is 16.5. The molecule has 1 amide bonds. The Balaban J connectivity index is 1.45. The highest BCUT2D eigenvalue weighted by Gasteiger charge is 2.49. The molecule has 3 heterocycles. The molecule has 1 atom stereocenters. The maximum atomic E-state index is 12.5. The summed E-state index contributed by atoms with van der Waals surface area (Å²) in [6.45, 7) is 4.88. The quantitative estimate of drug-likeness (QED) is 0.878. The fraction of sp³-hybridized carbons (Fsp3) is 0.588. The van der Waals surface area contributed by atoms with Gasteiger partial charge in [0.15, 0.2) is 0 Å². The Morgan fingerprint density at radius 2 is 2.00 bits per heavy atom. The zero-order chi connectivity index (χ0) is 15.0. The Morgan fingerprint density at radius 3 is 2.77 bits per heavy atom. The van der Waals surface area contributed by atoms with Gasteiger partial charge in [-0.1, -0.05) is 30.3 Å². The Kier molecular flexibility index (Phi) is 3.64. The summed E-state index contributed by atoms with van der Waals surface area (Å²) in [5.41, 5.74) is 1.15. The van der Waals surface area contributed by atoms with E-state index in [1.165, 1.54) is 5.56 Å². The number of hydrogen-bond acceptors (Lipinski definition) is 4. The van der Waals surface area contributed by atoms with Gasteiger partial charge < -0.3 is 15.0 Å². The number of piperidine rings is 1. The lowest BCUT2D eigenvalue weighted by Gasteiger charge is -2.35. The molecule has 1 spiro atoms. The van der Waals surface area contributed by atoms with Gasteiger partial charge in [0.05, 0.1) is 18.7 Å². The second-order valence-corrected chi connectivity index (χ2v) is 6.68. The minimum Gasteiger partial charge on any atom is -0.349 e. The second kappa shape index (κ2) is 5.65. The zero-order valence-corrected chi connectivity index (χ0v) is 12.8. The van der Waals surface area contributed by atoms with Crippen LogP contribution in [0.15, 0.2) is 30.3 Å². The van der Waals surface area contributed by atoms with Gasteiger partial charge in [0.25, 0.3) is 0 Å². The molecule has 22 heavy (non-hydrogen) atoms. The lowest BCUT2D eigenvalue weighted by Crippen LogP contribution is -2.53. The summed E-state index contributed by atoms with van der Waals surface area (Å²) in [4.78, 5) is 16.7. The van der Waals surface area contributed by atoms with Crippen molar-refractivity contribution in [3.05, 3.63) is 35.9 Å². The SMILES string of the molecule is O=C1CN(Cc2ccccc2)CC2OC3(CCNCC3)CN12. The van der Waals surface area contributed by atoms with E-state index in [4.69, 9.17) is 4.74 Å². The summed E-state index contributed by atoms with van der Waals surface area (Å²) >= 11 is 0. The largest absolute Gasteiger partial charge is 0.349 e. The molecule has 118 valence electrons. The van der Waals surface area contributed by atoms with Crippen molar-refractivity contribution in [2.45, 2.75) is 31.2 Å². The predicted molar refractivity (Wildman–Crippen MR) is 83.1 cm³/mol. The Hall–Kier alpha value is -1.43. The van der Waals surface area contributed by atoms with Crippen LogP contribution in [0.4, 0.5) is 0 Å². The number of benzene rings is 1. The van der Waals surface area contributed by atoms with E-state index in [1.807, 2.05) is 23.1 Å². The molecule has 3 aliphatic heterocycles. The van der Waals surface area contributed by atoms with Crippen molar-refractivity contribution in [3.63, 3.8) is 0 Å². The number of hydrogen-bond donors (Lipinski definition) is 1. The first kappa shape index (κ1) is 14.2. The maximum absolute atomic E-state index is 12.5. The molecule has 1 aromatic carbocycles. The summed E-state index contributed by atoms with van der Waals surface area (Å²) in [6.07, 6.45) is 1.95. The summed E-state index contributed by atoms with van der Waals surface area (Å²) < 4.78 is 6.36. The number of piperazine rings is 1. The predicted octanol–water partition coefficient (Wildman–Crippen LogP) is 0.809. The Morgan fingerprint density at radius 1 is 1.23 bits per heavy atom. The van der Waals surface area contributed by atoms with Crippen molar-refractivity contribution in [2.24, 2.45) is 0 Å². The fourth-order valence-corrected chi connectivity index (χ4v) is 3.87. The molecule has 0 aromatic heterocycles. The summed E-state index contributed by atoms with van der Waals surface area (Å²) in [7, 11) is 0. The van der Waals surface area contributed by atoms with Crippen molar-refractivity contribution in [1.29, 1.82) is 0 Å². The molecule has 0 radical (unpaired) electrons. The van der Waals surface area contributed by atoms with Crippen molar-refractivity contribution >= 4 is 5.91 Å². The number of nitrogens with zero attached hydrogens (tertiary/aromatic N) is 2. The van der Waals surface area contributed by atoms with Crippen LogP contribution in [0.3, 0.4) is 0 Å². The van der Waals surface area contributed by atoms with Crippen LogP contribution in [-0.4, -0.2) is 60.3 Å². The minimum absolute atomic E-state index is 0.0666. The van der Waals surface area contributed by atoms with Crippen molar-refractivity contribution in [2.75, 3.05) is 32.7 Å². The van der Waals surface area contributed by atoms with Crippen LogP contribution in [-0.2, 0) is 16.1 Å². The van der Waals surface area contributed by atoms with Crippen LogP contribution >= 0.6 is 0 Å². The van der Waals surface area contributed by atoms with Gasteiger partial charge in [-0.2, -0.15) is 0 Å². The van der Waals surface area contributed by atoms with Gasteiger partial charge >= 0.3 is 0 Å². The fourth-order valence-electron chi connectivity index (χ4n) is 3.87. The highest BCUT2D eigenvalue weighted by Crippen LogP contribution is 2.35. The van der Waals surface area contributed by atoms with Crippen LogP contribution in [0.2, 0.25) is 0 Å². The molecule has 5 nitrogen and oxygen atoms in total. The topological polar surface area (TPSA) is 44.8 Å². The third-order valence-electron chi connectivity index (χ3n) is 5.05. The normalized spacial score (nSPS) is 28.1. The molecule has 1 N–H and O–H groups in total. The smallest absolute Gasteiger partial charge is 0.238 e. The van der Waals surface area contributed by atoms with Gasteiger partial charge in [0.1, 0.15) is 6.23 Å². The summed E-state index contributed by atoms with van der Waals surface area (Å²) in [5.74, 6) is 0.211. The molecule has 3 fully saturated rings. The van der Waals surface area contributed by atoms with Crippen LogP contribution in [0.5, 0.6) is 0 Å². The molecular weight excluding hydrogens is 278 g/mol. The number of rotatable bonds is 2.